The third-order valence-corrected chi connectivity index (χ3v) is 2.83. The number of rotatable bonds is 3. The van der Waals surface area contributed by atoms with Crippen LogP contribution in [-0.4, -0.2) is 31.2 Å². The van der Waals surface area contributed by atoms with Crippen LogP contribution in [-0.2, 0) is 6.42 Å². The first-order chi connectivity index (χ1) is 8.36. The average Bonchev–Trinajstić information content (AvgIpc) is 2.99. The highest BCUT2D eigenvalue weighted by atomic mass is 35.5. The van der Waals surface area contributed by atoms with E-state index in [1.807, 2.05) is 18.2 Å². The minimum atomic E-state index is 0. The highest BCUT2D eigenvalue weighted by molar-refractivity contribution is 5.90. The molecule has 0 bridgehead atoms. The van der Waals surface area contributed by atoms with Gasteiger partial charge in [-0.05, 0) is 18.2 Å². The summed E-state index contributed by atoms with van der Waals surface area (Å²) in [6.07, 6.45) is 0.681. The zero-order valence-corrected chi connectivity index (χ0v) is 10.8. The zero-order valence-electron chi connectivity index (χ0n) is 9.97. The number of ether oxygens (including phenoxy) is 1. The van der Waals surface area contributed by atoms with Gasteiger partial charge in [0.2, 0.25) is 0 Å². The molecule has 96 valence electrons. The lowest BCUT2D eigenvalue weighted by molar-refractivity contribution is 0.415. The van der Waals surface area contributed by atoms with Crippen molar-refractivity contribution in [2.75, 3.05) is 20.2 Å². The van der Waals surface area contributed by atoms with Gasteiger partial charge in [-0.15, -0.1) is 12.4 Å². The first-order valence-corrected chi connectivity index (χ1v) is 5.56. The van der Waals surface area contributed by atoms with Crippen LogP contribution in [0, 0.1) is 0 Å². The molecule has 0 unspecified atom stereocenters. The second kappa shape index (κ2) is 5.27. The molecule has 6 heteroatoms. The fourth-order valence-electron chi connectivity index (χ4n) is 1.95. The smallest absolute Gasteiger partial charge is 0.167 e. The molecule has 0 fully saturated rings. The number of aromatic nitrogens is 1. The number of hydrogen-bond acceptors (Lipinski definition) is 5. The zero-order chi connectivity index (χ0) is 11.7. The first kappa shape index (κ1) is 12.7. The van der Waals surface area contributed by atoms with E-state index in [9.17, 15) is 0 Å². The van der Waals surface area contributed by atoms with Crippen LogP contribution in [0.15, 0.2) is 27.7 Å². The number of halogens is 1. The maximum atomic E-state index is 5.27. The molecule has 1 aromatic carbocycles. The number of nitrogens with zero attached hydrogens (tertiary/aromatic N) is 2. The molecule has 0 spiro atoms. The van der Waals surface area contributed by atoms with Gasteiger partial charge in [0.15, 0.2) is 5.58 Å². The molecule has 5 nitrogen and oxygen atoms in total. The summed E-state index contributed by atoms with van der Waals surface area (Å²) in [4.78, 5) is 4.35. The van der Waals surface area contributed by atoms with Gasteiger partial charge in [0.1, 0.15) is 11.6 Å². The topological polar surface area (TPSA) is 59.7 Å². The van der Waals surface area contributed by atoms with E-state index < -0.39 is 0 Å². The summed E-state index contributed by atoms with van der Waals surface area (Å²) >= 11 is 0. The van der Waals surface area contributed by atoms with Crippen molar-refractivity contribution in [2.24, 2.45) is 4.99 Å². The van der Waals surface area contributed by atoms with Crippen LogP contribution in [0.4, 0.5) is 0 Å². The van der Waals surface area contributed by atoms with E-state index in [0.29, 0.717) is 6.42 Å². The number of aliphatic imine (C=N–C) groups is 1. The van der Waals surface area contributed by atoms with Crippen LogP contribution in [0.2, 0.25) is 0 Å². The Morgan fingerprint density at radius 3 is 3.06 bits per heavy atom. The molecule has 0 saturated carbocycles. The summed E-state index contributed by atoms with van der Waals surface area (Å²) in [5.41, 5.74) is 1.67. The van der Waals surface area contributed by atoms with Crippen molar-refractivity contribution in [2.45, 2.75) is 6.42 Å². The Hall–Kier alpha value is -1.75. The van der Waals surface area contributed by atoms with E-state index in [4.69, 9.17) is 9.26 Å². The summed E-state index contributed by atoms with van der Waals surface area (Å²) in [5.74, 6) is 1.78. The third kappa shape index (κ3) is 2.26. The highest BCUT2D eigenvalue weighted by Crippen LogP contribution is 2.24. The number of nitrogens with one attached hydrogen (secondary N) is 1. The Kier molecular flexibility index (Phi) is 3.72. The maximum absolute atomic E-state index is 5.27. The fourth-order valence-corrected chi connectivity index (χ4v) is 1.95. The molecule has 0 aliphatic carbocycles. The third-order valence-electron chi connectivity index (χ3n) is 2.83. The van der Waals surface area contributed by atoms with Gasteiger partial charge in [-0.3, -0.25) is 4.99 Å². The quantitative estimate of drug-likeness (QED) is 0.921. The summed E-state index contributed by atoms with van der Waals surface area (Å²) in [5, 5.41) is 8.29. The van der Waals surface area contributed by atoms with Gasteiger partial charge < -0.3 is 14.6 Å². The monoisotopic (exact) mass is 267 g/mol. The van der Waals surface area contributed by atoms with Crippen LogP contribution in [0.1, 0.15) is 5.69 Å². The predicted octanol–water partition coefficient (Wildman–Crippen LogP) is 1.80. The van der Waals surface area contributed by atoms with Crippen molar-refractivity contribution in [1.82, 2.24) is 10.5 Å². The summed E-state index contributed by atoms with van der Waals surface area (Å²) in [6.45, 7) is 1.75. The molecule has 1 aliphatic rings. The largest absolute Gasteiger partial charge is 0.497 e. The standard InChI is InChI=1S/C12H13N3O2.ClH/c1-16-8-2-3-11-9(6-8)10(15-17-11)7-12-13-4-5-14-12;/h2-3,6H,4-5,7H2,1H3,(H,13,14);1H. The Morgan fingerprint density at radius 1 is 1.44 bits per heavy atom. The second-order valence-electron chi connectivity index (χ2n) is 3.92. The summed E-state index contributed by atoms with van der Waals surface area (Å²) < 4.78 is 10.5. The van der Waals surface area contributed by atoms with Gasteiger partial charge in [-0.1, -0.05) is 5.16 Å². The lowest BCUT2D eigenvalue weighted by Gasteiger charge is -2.00. The van der Waals surface area contributed by atoms with Crippen LogP contribution >= 0.6 is 12.4 Å². The van der Waals surface area contributed by atoms with Crippen LogP contribution < -0.4 is 10.1 Å². The minimum Gasteiger partial charge on any atom is -0.497 e. The van der Waals surface area contributed by atoms with Crippen LogP contribution in [0.5, 0.6) is 5.75 Å². The number of methoxy groups -OCH3 is 1. The fraction of sp³-hybridized carbons (Fsp3) is 0.333. The number of fused-ring (bicyclic) bond motifs is 1. The normalized spacial score (nSPS) is 13.9. The van der Waals surface area contributed by atoms with Gasteiger partial charge in [0.05, 0.1) is 25.8 Å². The first-order valence-electron chi connectivity index (χ1n) is 5.56. The molecule has 18 heavy (non-hydrogen) atoms. The van der Waals surface area contributed by atoms with Crippen molar-refractivity contribution < 1.29 is 9.26 Å². The Morgan fingerprint density at radius 2 is 2.33 bits per heavy atom. The molecule has 2 heterocycles. The van der Waals surface area contributed by atoms with Gasteiger partial charge in [0.25, 0.3) is 0 Å². The molecule has 1 N–H and O–H groups in total. The van der Waals surface area contributed by atoms with E-state index >= 15 is 0 Å². The summed E-state index contributed by atoms with van der Waals surface area (Å²) in [7, 11) is 1.65. The Labute approximate surface area is 111 Å². The van der Waals surface area contributed by atoms with E-state index in [1.165, 1.54) is 0 Å². The van der Waals surface area contributed by atoms with E-state index in [0.717, 1.165) is 41.3 Å². The molecule has 2 aromatic rings. The molecule has 0 saturated heterocycles. The van der Waals surface area contributed by atoms with Crippen molar-refractivity contribution in [3.05, 3.63) is 23.9 Å². The molecular formula is C12H14ClN3O2. The molecule has 3 rings (SSSR count). The van der Waals surface area contributed by atoms with Gasteiger partial charge in [-0.2, -0.15) is 0 Å². The van der Waals surface area contributed by atoms with Gasteiger partial charge >= 0.3 is 0 Å². The number of amidine groups is 1. The van der Waals surface area contributed by atoms with Crippen molar-refractivity contribution in [3.8, 4) is 5.75 Å². The molecule has 0 atom stereocenters. The number of benzene rings is 1. The highest BCUT2D eigenvalue weighted by Gasteiger charge is 2.13. The maximum Gasteiger partial charge on any atom is 0.167 e. The SMILES string of the molecule is COc1ccc2onc(CC3=NCCN3)c2c1.Cl. The van der Waals surface area contributed by atoms with Crippen molar-refractivity contribution in [1.29, 1.82) is 0 Å². The molecular weight excluding hydrogens is 254 g/mol. The molecule has 1 aromatic heterocycles. The number of hydrogen-bond donors (Lipinski definition) is 1. The molecule has 0 amide bonds. The van der Waals surface area contributed by atoms with E-state index in [1.54, 1.807) is 7.11 Å². The van der Waals surface area contributed by atoms with Crippen molar-refractivity contribution in [3.63, 3.8) is 0 Å². The van der Waals surface area contributed by atoms with E-state index in [2.05, 4.69) is 15.5 Å². The molecule has 1 aliphatic heterocycles. The lowest BCUT2D eigenvalue weighted by atomic mass is 10.1. The van der Waals surface area contributed by atoms with Gasteiger partial charge in [-0.25, -0.2) is 0 Å². The minimum absolute atomic E-state index is 0. The summed E-state index contributed by atoms with van der Waals surface area (Å²) in [6, 6.07) is 5.67. The van der Waals surface area contributed by atoms with Gasteiger partial charge in [0, 0.05) is 11.9 Å². The Bertz CT molecular complexity index is 580. The van der Waals surface area contributed by atoms with E-state index in [-0.39, 0.29) is 12.4 Å². The average molecular weight is 268 g/mol. The lowest BCUT2D eigenvalue weighted by Crippen LogP contribution is -2.20. The predicted molar refractivity (Wildman–Crippen MR) is 71.8 cm³/mol. The molecule has 0 radical (unpaired) electrons. The van der Waals surface area contributed by atoms with Crippen LogP contribution in [0.25, 0.3) is 11.0 Å². The van der Waals surface area contributed by atoms with Crippen LogP contribution in [0.3, 0.4) is 0 Å². The van der Waals surface area contributed by atoms with Crippen molar-refractivity contribution >= 4 is 29.2 Å². The Balaban J connectivity index is 0.00000120. The second-order valence-corrected chi connectivity index (χ2v) is 3.92.